The maximum Gasteiger partial charge on any atom is 0.309 e. The van der Waals surface area contributed by atoms with E-state index in [-0.39, 0.29) is 48.3 Å². The molecule has 2 aliphatic heterocycles. The van der Waals surface area contributed by atoms with Gasteiger partial charge in [0, 0.05) is 43.4 Å². The van der Waals surface area contributed by atoms with Crippen LogP contribution in [0.5, 0.6) is 0 Å². The van der Waals surface area contributed by atoms with Crippen molar-refractivity contribution in [2.45, 2.75) is 170 Å². The lowest BCUT2D eigenvalue weighted by molar-refractivity contribution is -0.147. The molecule has 3 amide bonds. The van der Waals surface area contributed by atoms with Gasteiger partial charge in [0.15, 0.2) is 0 Å². The third kappa shape index (κ3) is 26.7. The van der Waals surface area contributed by atoms with E-state index in [1.54, 1.807) is 13.8 Å². The standard InChI is InChI=1S/C23H41N3O3S.C14H22N2O2.C6H13N.C2H6.CH3NO/c1-6-8-10-11-13-26(22(29)12-9-7-2)21(17(3)4)14-20(24-18(5)28)23-25-19(15-27)16-30-23;1-14(2,13(17)18)9-12(16-3)8-10-4-6-11(15)7-5-10;1-7-5-3-2-4-6-7;1-2;2-1-3/h15,17,19-21H,6-14,16H2,1-5H3,(H,24,28);4-7,12,16H,8-9,15H2,1-3H3,(H,17,18);2-6H2,1H3;1-2H3;1H,(H2,2,3). The van der Waals surface area contributed by atoms with Crippen molar-refractivity contribution < 1.29 is 29.1 Å². The number of primary amides is 1. The van der Waals surface area contributed by atoms with E-state index in [2.05, 4.69) is 65.9 Å². The number of likely N-dealkylation sites (N-methyl/N-ethyl adjacent to an activating group) is 1. The first-order chi connectivity index (χ1) is 28.5. The van der Waals surface area contributed by atoms with Crippen LogP contribution in [0.4, 0.5) is 5.69 Å². The van der Waals surface area contributed by atoms with Crippen LogP contribution in [0.3, 0.4) is 0 Å². The van der Waals surface area contributed by atoms with Gasteiger partial charge < -0.3 is 41.8 Å². The predicted molar refractivity (Wildman–Crippen MR) is 252 cm³/mol. The van der Waals surface area contributed by atoms with E-state index in [0.29, 0.717) is 25.0 Å². The van der Waals surface area contributed by atoms with Crippen LogP contribution in [0, 0.1) is 11.3 Å². The first-order valence-corrected chi connectivity index (χ1v) is 23.3. The number of aliphatic imine (C=N–C) groups is 1. The number of likely N-dealkylation sites (tertiary alicyclic amines) is 1. The number of aliphatic carboxylic acids is 1. The number of carboxylic acid groups (broad SMARTS) is 1. The predicted octanol–water partition coefficient (Wildman–Crippen LogP) is 7.35. The highest BCUT2D eigenvalue weighted by atomic mass is 32.2. The Labute approximate surface area is 368 Å². The first-order valence-electron chi connectivity index (χ1n) is 22.3. The zero-order valence-electron chi connectivity index (χ0n) is 39.3. The monoisotopic (exact) mass is 864 g/mol. The molecule has 14 heteroatoms. The molecule has 0 radical (unpaired) electrons. The summed E-state index contributed by atoms with van der Waals surface area (Å²) in [4.78, 5) is 64.8. The number of aldehydes is 1. The summed E-state index contributed by atoms with van der Waals surface area (Å²) in [5.41, 5.74) is 11.0. The molecule has 346 valence electrons. The van der Waals surface area contributed by atoms with Gasteiger partial charge in [-0.05, 0) is 110 Å². The molecular formula is C46H85N7O6S. The van der Waals surface area contributed by atoms with Crippen molar-refractivity contribution in [3.63, 3.8) is 0 Å². The average molecular weight is 864 g/mol. The number of amides is 3. The molecule has 1 aromatic rings. The Morgan fingerprint density at radius 1 is 1.02 bits per heavy atom. The highest BCUT2D eigenvalue weighted by Crippen LogP contribution is 2.27. The Morgan fingerprint density at radius 2 is 1.60 bits per heavy atom. The Balaban J connectivity index is 0. The molecule has 2 aliphatic rings. The van der Waals surface area contributed by atoms with E-state index in [1.165, 1.54) is 57.5 Å². The molecule has 1 aromatic carbocycles. The minimum absolute atomic E-state index is 0.0198. The molecule has 1 saturated heterocycles. The number of nitrogens with zero attached hydrogens (tertiary/aromatic N) is 3. The Hall–Kier alpha value is -3.49. The minimum Gasteiger partial charge on any atom is -0.481 e. The molecular weight excluding hydrogens is 779 g/mol. The smallest absolute Gasteiger partial charge is 0.309 e. The van der Waals surface area contributed by atoms with Gasteiger partial charge >= 0.3 is 5.97 Å². The molecule has 1 fully saturated rings. The van der Waals surface area contributed by atoms with Crippen molar-refractivity contribution in [3.8, 4) is 0 Å². The SMILES string of the molecule is CC.CCCCCCN(C(=O)CCCC)C(CC(NC(C)=O)C1=NC(C=O)CS1)C(C)C.CN1CCCCC1.CNC(Cc1ccc(N)cc1)CC(C)(C)C(=O)O.NC=O. The number of carbonyl (C=O) groups is 5. The van der Waals surface area contributed by atoms with E-state index >= 15 is 0 Å². The fraction of sp³-hybridized carbons (Fsp3) is 0.739. The molecule has 0 aromatic heterocycles. The second kappa shape index (κ2) is 35.1. The van der Waals surface area contributed by atoms with Crippen molar-refractivity contribution in [1.82, 2.24) is 20.4 Å². The number of nitrogens with two attached hydrogens (primary N) is 2. The Morgan fingerprint density at radius 3 is 2.03 bits per heavy atom. The molecule has 4 unspecified atom stereocenters. The molecule has 0 bridgehead atoms. The zero-order chi connectivity index (χ0) is 46.1. The molecule has 2 heterocycles. The van der Waals surface area contributed by atoms with Gasteiger partial charge in [0.1, 0.15) is 12.3 Å². The molecule has 0 saturated carbocycles. The molecule has 3 rings (SSSR count). The Kier molecular flexibility index (Phi) is 34.3. The van der Waals surface area contributed by atoms with Crippen molar-refractivity contribution in [1.29, 1.82) is 0 Å². The van der Waals surface area contributed by atoms with Crippen LogP contribution in [0.2, 0.25) is 0 Å². The van der Waals surface area contributed by atoms with Crippen molar-refractivity contribution in [3.05, 3.63) is 29.8 Å². The number of thioether (sulfide) groups is 1. The van der Waals surface area contributed by atoms with Crippen LogP contribution < -0.4 is 22.1 Å². The van der Waals surface area contributed by atoms with Gasteiger partial charge in [-0.1, -0.05) is 85.8 Å². The lowest BCUT2D eigenvalue weighted by Crippen LogP contribution is -2.49. The van der Waals surface area contributed by atoms with Crippen molar-refractivity contribution >= 4 is 53.0 Å². The van der Waals surface area contributed by atoms with Crippen molar-refractivity contribution in [2.75, 3.05) is 45.2 Å². The highest BCUT2D eigenvalue weighted by molar-refractivity contribution is 8.14. The van der Waals surface area contributed by atoms with E-state index in [4.69, 9.17) is 15.6 Å². The molecule has 60 heavy (non-hydrogen) atoms. The summed E-state index contributed by atoms with van der Waals surface area (Å²) in [6, 6.07) is 7.25. The summed E-state index contributed by atoms with van der Waals surface area (Å²) in [6.07, 6.45) is 14.3. The van der Waals surface area contributed by atoms with E-state index < -0.39 is 11.4 Å². The fourth-order valence-corrected chi connectivity index (χ4v) is 7.82. The molecule has 4 atom stereocenters. The quantitative estimate of drug-likeness (QED) is 0.0473. The normalized spacial score (nSPS) is 16.3. The minimum atomic E-state index is -0.764. The molecule has 0 spiro atoms. The second-order valence-corrected chi connectivity index (χ2v) is 17.4. The number of hydrogen-bond acceptors (Lipinski definition) is 10. The molecule has 13 nitrogen and oxygen atoms in total. The number of unbranched alkanes of at least 4 members (excludes halogenated alkanes) is 4. The fourth-order valence-electron chi connectivity index (χ4n) is 6.76. The lowest BCUT2D eigenvalue weighted by atomic mass is 9.84. The van der Waals surface area contributed by atoms with Gasteiger partial charge in [0.2, 0.25) is 18.2 Å². The number of benzene rings is 1. The van der Waals surface area contributed by atoms with E-state index in [1.807, 2.05) is 45.2 Å². The second-order valence-electron chi connectivity index (χ2n) is 16.4. The van der Waals surface area contributed by atoms with E-state index in [9.17, 15) is 19.2 Å². The summed E-state index contributed by atoms with van der Waals surface area (Å²) in [5, 5.41) is 16.2. The van der Waals surface area contributed by atoms with Gasteiger partial charge in [-0.15, -0.1) is 11.8 Å². The van der Waals surface area contributed by atoms with Gasteiger partial charge in [-0.3, -0.25) is 24.2 Å². The van der Waals surface area contributed by atoms with E-state index in [0.717, 1.165) is 67.7 Å². The van der Waals surface area contributed by atoms with Crippen molar-refractivity contribution in [2.24, 2.45) is 22.1 Å². The van der Waals surface area contributed by atoms with Crippen LogP contribution in [-0.2, 0) is 30.4 Å². The third-order valence-corrected chi connectivity index (χ3v) is 11.5. The number of hydrogen-bond donors (Lipinski definition) is 5. The summed E-state index contributed by atoms with van der Waals surface area (Å²) < 4.78 is 0. The van der Waals surface area contributed by atoms with Gasteiger partial charge in [-0.2, -0.15) is 0 Å². The summed E-state index contributed by atoms with van der Waals surface area (Å²) in [6.45, 7) is 21.0. The lowest BCUT2D eigenvalue weighted by Gasteiger charge is -2.37. The summed E-state index contributed by atoms with van der Waals surface area (Å²) >= 11 is 1.54. The van der Waals surface area contributed by atoms with Gasteiger partial charge in [-0.25, -0.2) is 0 Å². The van der Waals surface area contributed by atoms with Crippen LogP contribution in [0.25, 0.3) is 0 Å². The number of anilines is 1. The maximum absolute atomic E-state index is 13.1. The van der Waals surface area contributed by atoms with Crippen LogP contribution in [-0.4, -0.2) is 114 Å². The number of piperidine rings is 1. The Bertz CT molecular complexity index is 1340. The van der Waals surface area contributed by atoms with Crippen LogP contribution >= 0.6 is 11.8 Å². The van der Waals surface area contributed by atoms with Gasteiger partial charge in [0.05, 0.1) is 16.5 Å². The maximum atomic E-state index is 13.1. The largest absolute Gasteiger partial charge is 0.481 e. The summed E-state index contributed by atoms with van der Waals surface area (Å²) in [7, 11) is 4.05. The number of carboxylic acids is 1. The highest BCUT2D eigenvalue weighted by Gasteiger charge is 2.33. The average Bonchev–Trinajstić information content (AvgIpc) is 3.70. The number of rotatable bonds is 21. The number of carbonyl (C=O) groups excluding carboxylic acids is 4. The van der Waals surface area contributed by atoms with Gasteiger partial charge in [0.25, 0.3) is 0 Å². The topological polar surface area (TPSA) is 201 Å². The molecule has 7 N–H and O–H groups in total. The van der Waals surface area contributed by atoms with Crippen LogP contribution in [0.15, 0.2) is 29.3 Å². The summed E-state index contributed by atoms with van der Waals surface area (Å²) in [5.74, 6) is 0.205. The third-order valence-electron chi connectivity index (χ3n) is 10.3. The molecule has 0 aliphatic carbocycles. The number of nitrogens with one attached hydrogen (secondary N) is 2. The number of nitrogen functional groups attached to an aromatic ring is 1. The zero-order valence-corrected chi connectivity index (χ0v) is 40.1. The van der Waals surface area contributed by atoms with Crippen LogP contribution in [0.1, 0.15) is 145 Å². The first kappa shape index (κ1) is 58.6.